The number of nitrogens with one attached hydrogen (secondary N) is 1. The van der Waals surface area contributed by atoms with Crippen molar-refractivity contribution in [3.8, 4) is 0 Å². The summed E-state index contributed by atoms with van der Waals surface area (Å²) in [4.78, 5) is 2.08. The molecule has 7 heteroatoms. The number of anilines is 1. The smallest absolute Gasteiger partial charge is 0.242 e. The number of nitrogens with two attached hydrogens (primary N) is 1. The minimum Gasteiger partial charge on any atom is -0.398 e. The highest BCUT2D eigenvalue weighted by atomic mass is 32.2. The predicted octanol–water partition coefficient (Wildman–Crippen LogP) is 1.42. The lowest BCUT2D eigenvalue weighted by molar-refractivity contribution is 0.213. The predicted molar refractivity (Wildman–Crippen MR) is 80.8 cm³/mol. The van der Waals surface area contributed by atoms with Gasteiger partial charge in [-0.3, -0.25) is 0 Å². The Morgan fingerprint density at radius 3 is 2.71 bits per heavy atom. The van der Waals surface area contributed by atoms with Crippen molar-refractivity contribution in [1.29, 1.82) is 0 Å². The highest BCUT2D eigenvalue weighted by Gasteiger charge is 2.20. The summed E-state index contributed by atoms with van der Waals surface area (Å²) in [7, 11) is -1.66. The first-order valence-corrected chi connectivity index (χ1v) is 8.60. The van der Waals surface area contributed by atoms with Crippen molar-refractivity contribution >= 4 is 15.7 Å². The van der Waals surface area contributed by atoms with Crippen molar-refractivity contribution in [2.24, 2.45) is 5.92 Å². The summed E-state index contributed by atoms with van der Waals surface area (Å²) in [6.45, 7) is 2.45. The molecule has 0 radical (unpaired) electrons. The molecule has 3 N–H and O–H groups in total. The van der Waals surface area contributed by atoms with Gasteiger partial charge in [0.2, 0.25) is 10.0 Å². The summed E-state index contributed by atoms with van der Waals surface area (Å²) in [6.07, 6.45) is 2.96. The van der Waals surface area contributed by atoms with Gasteiger partial charge in [-0.1, -0.05) is 0 Å². The number of halogens is 1. The third-order valence-corrected chi connectivity index (χ3v) is 5.46. The van der Waals surface area contributed by atoms with E-state index in [2.05, 4.69) is 16.7 Å². The largest absolute Gasteiger partial charge is 0.398 e. The molecule has 0 aromatic heterocycles. The molecule has 0 atom stereocenters. The molecule has 0 unspecified atom stereocenters. The van der Waals surface area contributed by atoms with E-state index in [0.717, 1.165) is 44.5 Å². The Labute approximate surface area is 125 Å². The summed E-state index contributed by atoms with van der Waals surface area (Å²) in [5, 5.41) is 0. The fourth-order valence-corrected chi connectivity index (χ4v) is 3.75. The van der Waals surface area contributed by atoms with Gasteiger partial charge in [-0.25, -0.2) is 17.5 Å². The lowest BCUT2D eigenvalue weighted by atomic mass is 9.94. The number of sulfonamides is 1. The van der Waals surface area contributed by atoms with Gasteiger partial charge in [0.05, 0.1) is 5.69 Å². The van der Waals surface area contributed by atoms with Crippen LogP contribution in [-0.2, 0) is 10.0 Å². The van der Waals surface area contributed by atoms with Crippen LogP contribution in [0.5, 0.6) is 0 Å². The van der Waals surface area contributed by atoms with Gasteiger partial charge in [0.15, 0.2) is 0 Å². The molecule has 1 saturated heterocycles. The number of hydrogen-bond donors (Lipinski definition) is 2. The van der Waals surface area contributed by atoms with Crippen LogP contribution in [0.4, 0.5) is 10.1 Å². The van der Waals surface area contributed by atoms with E-state index in [1.807, 2.05) is 0 Å². The Balaban J connectivity index is 1.91. The minimum atomic E-state index is -3.75. The Bertz CT molecular complexity index is 584. The van der Waals surface area contributed by atoms with Crippen molar-refractivity contribution in [2.75, 3.05) is 32.4 Å². The molecule has 1 aliphatic rings. The van der Waals surface area contributed by atoms with Gasteiger partial charge in [0.1, 0.15) is 10.7 Å². The van der Waals surface area contributed by atoms with Crippen LogP contribution in [-0.4, -0.2) is 40.0 Å². The standard InChI is InChI=1S/C14H22FN3O2S/c1-18-8-5-11(6-9-18)4-7-17-21(19,20)14-10-12(15)2-3-13(14)16/h2-3,10-11,17H,4-9,16H2,1H3. The van der Waals surface area contributed by atoms with Gasteiger partial charge in [-0.2, -0.15) is 0 Å². The molecule has 1 fully saturated rings. The van der Waals surface area contributed by atoms with E-state index < -0.39 is 15.8 Å². The maximum Gasteiger partial charge on any atom is 0.242 e. The number of benzene rings is 1. The lowest BCUT2D eigenvalue weighted by Crippen LogP contribution is -2.33. The second-order valence-corrected chi connectivity index (χ2v) is 7.35. The van der Waals surface area contributed by atoms with Crippen LogP contribution < -0.4 is 10.5 Å². The molecule has 0 aliphatic carbocycles. The molecule has 1 heterocycles. The Morgan fingerprint density at radius 2 is 2.05 bits per heavy atom. The van der Waals surface area contributed by atoms with Gasteiger partial charge < -0.3 is 10.6 Å². The SMILES string of the molecule is CN1CCC(CCNS(=O)(=O)c2cc(F)ccc2N)CC1. The number of hydrogen-bond acceptors (Lipinski definition) is 4. The zero-order valence-electron chi connectivity index (χ0n) is 12.2. The molecule has 118 valence electrons. The molecule has 1 aliphatic heterocycles. The molecule has 5 nitrogen and oxygen atoms in total. The first-order chi connectivity index (χ1) is 9.88. The summed E-state index contributed by atoms with van der Waals surface area (Å²) in [5.41, 5.74) is 5.67. The second kappa shape index (κ2) is 6.72. The summed E-state index contributed by atoms with van der Waals surface area (Å²) in [6, 6.07) is 3.36. The number of piperidine rings is 1. The summed E-state index contributed by atoms with van der Waals surface area (Å²) >= 11 is 0. The van der Waals surface area contributed by atoms with Crippen LogP contribution in [0.25, 0.3) is 0 Å². The van der Waals surface area contributed by atoms with Crippen LogP contribution in [0.1, 0.15) is 19.3 Å². The third kappa shape index (κ3) is 4.39. The maximum absolute atomic E-state index is 13.2. The molecule has 2 rings (SSSR count). The molecular formula is C14H22FN3O2S. The molecule has 1 aromatic rings. The quantitative estimate of drug-likeness (QED) is 0.806. The van der Waals surface area contributed by atoms with E-state index >= 15 is 0 Å². The van der Waals surface area contributed by atoms with E-state index in [9.17, 15) is 12.8 Å². The van der Waals surface area contributed by atoms with Gasteiger partial charge >= 0.3 is 0 Å². The van der Waals surface area contributed by atoms with Crippen molar-refractivity contribution in [3.63, 3.8) is 0 Å². The van der Waals surface area contributed by atoms with Crippen molar-refractivity contribution < 1.29 is 12.8 Å². The van der Waals surface area contributed by atoms with E-state index in [4.69, 9.17) is 5.73 Å². The Kier molecular flexibility index (Phi) is 5.18. The number of nitrogen functional groups attached to an aromatic ring is 1. The Morgan fingerprint density at radius 1 is 1.38 bits per heavy atom. The van der Waals surface area contributed by atoms with Gasteiger partial charge in [-0.15, -0.1) is 0 Å². The van der Waals surface area contributed by atoms with Crippen molar-refractivity contribution in [3.05, 3.63) is 24.0 Å². The molecule has 0 spiro atoms. The molecular weight excluding hydrogens is 293 g/mol. The summed E-state index contributed by atoms with van der Waals surface area (Å²) < 4.78 is 40.0. The van der Waals surface area contributed by atoms with Crippen molar-refractivity contribution in [2.45, 2.75) is 24.2 Å². The molecule has 0 amide bonds. The van der Waals surface area contributed by atoms with E-state index in [0.29, 0.717) is 12.5 Å². The highest BCUT2D eigenvalue weighted by Crippen LogP contribution is 2.21. The molecule has 0 saturated carbocycles. The van der Waals surface area contributed by atoms with Crippen LogP contribution in [0.2, 0.25) is 0 Å². The normalized spacial score (nSPS) is 18.0. The minimum absolute atomic E-state index is 0.0585. The van der Waals surface area contributed by atoms with Crippen LogP contribution in [0.3, 0.4) is 0 Å². The van der Waals surface area contributed by atoms with Crippen LogP contribution >= 0.6 is 0 Å². The van der Waals surface area contributed by atoms with Gasteiger partial charge in [-0.05, 0) is 63.5 Å². The number of nitrogens with zero attached hydrogens (tertiary/aromatic N) is 1. The van der Waals surface area contributed by atoms with Crippen LogP contribution in [0, 0.1) is 11.7 Å². The molecule has 1 aromatic carbocycles. The number of likely N-dealkylation sites (tertiary alicyclic amines) is 1. The number of rotatable bonds is 5. The van der Waals surface area contributed by atoms with E-state index in [1.165, 1.54) is 6.07 Å². The maximum atomic E-state index is 13.2. The zero-order chi connectivity index (χ0) is 15.5. The lowest BCUT2D eigenvalue weighted by Gasteiger charge is -2.28. The highest BCUT2D eigenvalue weighted by molar-refractivity contribution is 7.89. The fourth-order valence-electron chi connectivity index (χ4n) is 2.57. The van der Waals surface area contributed by atoms with Crippen molar-refractivity contribution in [1.82, 2.24) is 9.62 Å². The average molecular weight is 315 g/mol. The second-order valence-electron chi connectivity index (χ2n) is 5.62. The summed E-state index contributed by atoms with van der Waals surface area (Å²) in [5.74, 6) is -0.0753. The monoisotopic (exact) mass is 315 g/mol. The van der Waals surface area contributed by atoms with Crippen LogP contribution in [0.15, 0.2) is 23.1 Å². The first kappa shape index (κ1) is 16.2. The third-order valence-electron chi connectivity index (χ3n) is 3.95. The topological polar surface area (TPSA) is 75.4 Å². The van der Waals surface area contributed by atoms with E-state index in [1.54, 1.807) is 0 Å². The molecule has 0 bridgehead atoms. The fraction of sp³-hybridized carbons (Fsp3) is 0.571. The van der Waals surface area contributed by atoms with Gasteiger partial charge in [0.25, 0.3) is 0 Å². The molecule has 21 heavy (non-hydrogen) atoms. The van der Waals surface area contributed by atoms with Gasteiger partial charge in [0, 0.05) is 6.54 Å². The van der Waals surface area contributed by atoms with E-state index in [-0.39, 0.29) is 10.6 Å². The first-order valence-electron chi connectivity index (χ1n) is 7.12. The zero-order valence-corrected chi connectivity index (χ0v) is 13.0. The average Bonchev–Trinajstić information content (AvgIpc) is 2.43. The Hall–Kier alpha value is -1.18.